The largest absolute Gasteiger partial charge is 0.389 e. The molecule has 1 N–H and O–H groups in total. The molecule has 1 amide bonds. The molecular weight excluding hydrogens is 450 g/mol. The van der Waals surface area contributed by atoms with Crippen molar-refractivity contribution in [3.63, 3.8) is 0 Å². The van der Waals surface area contributed by atoms with E-state index in [1.54, 1.807) is 32.2 Å². The molecule has 11 heteroatoms. The highest BCUT2D eigenvalue weighted by Crippen LogP contribution is 2.17. The average molecular weight is 482 g/mol. The van der Waals surface area contributed by atoms with E-state index in [0.29, 0.717) is 36.3 Å². The Bertz CT molecular complexity index is 1110. The van der Waals surface area contributed by atoms with E-state index in [1.807, 2.05) is 44.2 Å². The van der Waals surface area contributed by atoms with E-state index in [1.165, 1.54) is 4.68 Å². The smallest absolute Gasteiger partial charge is 0.285 e. The number of amides is 1. The van der Waals surface area contributed by atoms with Crippen molar-refractivity contribution < 1.29 is 19.1 Å². The molecule has 0 aliphatic carbocycles. The lowest BCUT2D eigenvalue weighted by molar-refractivity contribution is -0.218. The lowest BCUT2D eigenvalue weighted by atomic mass is 10.1. The Labute approximate surface area is 204 Å². The zero-order valence-electron chi connectivity index (χ0n) is 20.5. The summed E-state index contributed by atoms with van der Waals surface area (Å²) < 4.78 is 12.9. The maximum atomic E-state index is 12.9. The van der Waals surface area contributed by atoms with Gasteiger partial charge in [-0.25, -0.2) is 9.67 Å². The molecule has 0 fully saturated rings. The van der Waals surface area contributed by atoms with Crippen LogP contribution in [0.5, 0.6) is 0 Å². The predicted octanol–water partition coefficient (Wildman–Crippen LogP) is 3.08. The van der Waals surface area contributed by atoms with Gasteiger partial charge in [-0.15, -0.1) is 5.10 Å². The number of pyridine rings is 1. The van der Waals surface area contributed by atoms with E-state index in [2.05, 4.69) is 31.0 Å². The van der Waals surface area contributed by atoms with Crippen LogP contribution >= 0.6 is 0 Å². The molecule has 0 aliphatic rings. The van der Waals surface area contributed by atoms with E-state index >= 15 is 0 Å². The number of ether oxygens (including phenoxy) is 2. The first kappa shape index (κ1) is 25.9. The minimum Gasteiger partial charge on any atom is -0.389 e. The number of hydrogen-bond donors (Lipinski definition) is 1. The standard InChI is InChI=1S/C24H31N7O4/c1-5-15-33-24(3,34-16-6-2)23(32)26-20-14-10-13-19(25-20)17-35-28-21(18-11-8-7-9-12-18)22-27-29-30-31(22)4/h7-14H,5-6,15-17H2,1-4H3,(H,25,26,32). The molecule has 186 valence electrons. The SMILES string of the molecule is CCCOC(C)(OCCC)C(=O)Nc1cccc(CON=C(c2ccccc2)c2nnnn2C)n1. The summed E-state index contributed by atoms with van der Waals surface area (Å²) in [5.74, 6) is -1.01. The van der Waals surface area contributed by atoms with Crippen molar-refractivity contribution in [2.75, 3.05) is 18.5 Å². The molecule has 0 saturated carbocycles. The Morgan fingerprint density at radius 2 is 1.77 bits per heavy atom. The second-order valence-electron chi connectivity index (χ2n) is 7.82. The van der Waals surface area contributed by atoms with Crippen molar-refractivity contribution in [3.8, 4) is 0 Å². The van der Waals surface area contributed by atoms with Gasteiger partial charge in [-0.2, -0.15) is 0 Å². The first-order valence-corrected chi connectivity index (χ1v) is 11.5. The van der Waals surface area contributed by atoms with Crippen molar-refractivity contribution >= 4 is 17.4 Å². The Morgan fingerprint density at radius 1 is 1.06 bits per heavy atom. The van der Waals surface area contributed by atoms with Crippen LogP contribution in [0.3, 0.4) is 0 Å². The van der Waals surface area contributed by atoms with Gasteiger partial charge in [-0.1, -0.05) is 55.4 Å². The number of anilines is 1. The van der Waals surface area contributed by atoms with Crippen LogP contribution in [0.25, 0.3) is 0 Å². The molecule has 35 heavy (non-hydrogen) atoms. The third-order valence-corrected chi connectivity index (χ3v) is 4.87. The summed E-state index contributed by atoms with van der Waals surface area (Å²) in [6, 6.07) is 14.7. The van der Waals surface area contributed by atoms with E-state index in [4.69, 9.17) is 14.3 Å². The fraction of sp³-hybridized carbons (Fsp3) is 0.417. The van der Waals surface area contributed by atoms with E-state index < -0.39 is 11.7 Å². The van der Waals surface area contributed by atoms with Crippen molar-refractivity contribution in [2.45, 2.75) is 46.0 Å². The summed E-state index contributed by atoms with van der Waals surface area (Å²) in [4.78, 5) is 23.0. The van der Waals surface area contributed by atoms with Gasteiger partial charge in [0.1, 0.15) is 5.82 Å². The fourth-order valence-corrected chi connectivity index (χ4v) is 3.04. The number of carbonyl (C=O) groups is 1. The summed E-state index contributed by atoms with van der Waals surface area (Å²) in [6.07, 6.45) is 1.53. The van der Waals surface area contributed by atoms with Crippen LogP contribution in [0.1, 0.15) is 50.7 Å². The van der Waals surface area contributed by atoms with E-state index in [9.17, 15) is 4.79 Å². The maximum Gasteiger partial charge on any atom is 0.285 e. The highest BCUT2D eigenvalue weighted by molar-refractivity contribution is 6.10. The Hall–Kier alpha value is -3.70. The van der Waals surface area contributed by atoms with Crippen LogP contribution in [0.15, 0.2) is 53.7 Å². The van der Waals surface area contributed by atoms with E-state index in [-0.39, 0.29) is 6.61 Å². The molecule has 11 nitrogen and oxygen atoms in total. The van der Waals surface area contributed by atoms with Crippen LogP contribution in [0.4, 0.5) is 5.82 Å². The molecule has 0 bridgehead atoms. The Kier molecular flexibility index (Phi) is 9.39. The average Bonchev–Trinajstić information content (AvgIpc) is 3.30. The third-order valence-electron chi connectivity index (χ3n) is 4.87. The van der Waals surface area contributed by atoms with Crippen LogP contribution in [0.2, 0.25) is 0 Å². The number of oxime groups is 1. The van der Waals surface area contributed by atoms with Gasteiger partial charge >= 0.3 is 0 Å². The minimum absolute atomic E-state index is 0.0707. The zero-order chi connectivity index (χ0) is 25.1. The van der Waals surface area contributed by atoms with Gasteiger partial charge in [-0.05, 0) is 42.3 Å². The van der Waals surface area contributed by atoms with Gasteiger partial charge in [-0.3, -0.25) is 4.79 Å². The summed E-state index contributed by atoms with van der Waals surface area (Å²) in [6.45, 7) is 6.42. The van der Waals surface area contributed by atoms with Crippen molar-refractivity contribution in [1.29, 1.82) is 0 Å². The molecule has 3 rings (SSSR count). The predicted molar refractivity (Wildman–Crippen MR) is 129 cm³/mol. The summed E-state index contributed by atoms with van der Waals surface area (Å²) >= 11 is 0. The van der Waals surface area contributed by atoms with Crippen molar-refractivity contribution in [3.05, 3.63) is 65.6 Å². The fourth-order valence-electron chi connectivity index (χ4n) is 3.04. The molecule has 0 spiro atoms. The summed E-state index contributed by atoms with van der Waals surface area (Å²) in [7, 11) is 1.73. The number of nitrogens with zero attached hydrogens (tertiary/aromatic N) is 6. The highest BCUT2D eigenvalue weighted by Gasteiger charge is 2.35. The number of tetrazole rings is 1. The molecule has 3 aromatic rings. The molecule has 0 radical (unpaired) electrons. The van der Waals surface area contributed by atoms with Crippen LogP contribution in [-0.2, 0) is 32.8 Å². The number of hydrogen-bond acceptors (Lipinski definition) is 9. The Morgan fingerprint density at radius 3 is 2.40 bits per heavy atom. The molecule has 0 atom stereocenters. The minimum atomic E-state index is -1.40. The number of nitrogens with one attached hydrogen (secondary N) is 1. The highest BCUT2D eigenvalue weighted by atomic mass is 16.7. The molecule has 0 saturated heterocycles. The molecule has 0 unspecified atom stereocenters. The van der Waals surface area contributed by atoms with Crippen LogP contribution in [-0.4, -0.2) is 55.8 Å². The summed E-state index contributed by atoms with van der Waals surface area (Å²) in [5, 5.41) is 18.6. The van der Waals surface area contributed by atoms with Crippen molar-refractivity contribution in [2.24, 2.45) is 12.2 Å². The third kappa shape index (κ3) is 7.14. The molecular formula is C24H31N7O4. The lowest BCUT2D eigenvalue weighted by Gasteiger charge is -2.28. The second kappa shape index (κ2) is 12.7. The first-order valence-electron chi connectivity index (χ1n) is 11.5. The number of rotatable bonds is 13. The first-order chi connectivity index (χ1) is 17.0. The topological polar surface area (TPSA) is 126 Å². The van der Waals surface area contributed by atoms with Gasteiger partial charge in [0.2, 0.25) is 11.6 Å². The normalized spacial score (nSPS) is 11.9. The zero-order valence-corrected chi connectivity index (χ0v) is 20.5. The number of aryl methyl sites for hydroxylation is 1. The summed E-state index contributed by atoms with van der Waals surface area (Å²) in [5.41, 5.74) is 1.86. The van der Waals surface area contributed by atoms with Crippen LogP contribution in [0, 0.1) is 0 Å². The second-order valence-corrected chi connectivity index (χ2v) is 7.82. The monoisotopic (exact) mass is 481 g/mol. The molecule has 0 aliphatic heterocycles. The maximum absolute atomic E-state index is 12.9. The Balaban J connectivity index is 1.71. The van der Waals surface area contributed by atoms with Crippen molar-refractivity contribution in [1.82, 2.24) is 25.2 Å². The van der Waals surface area contributed by atoms with E-state index in [0.717, 1.165) is 18.4 Å². The van der Waals surface area contributed by atoms with Gasteiger partial charge in [0, 0.05) is 12.6 Å². The number of aromatic nitrogens is 5. The van der Waals surface area contributed by atoms with Gasteiger partial charge in [0.15, 0.2) is 12.3 Å². The molecule has 2 aromatic heterocycles. The van der Waals surface area contributed by atoms with Gasteiger partial charge < -0.3 is 19.6 Å². The quantitative estimate of drug-likeness (QED) is 0.224. The number of carbonyl (C=O) groups excluding carboxylic acids is 1. The molecule has 2 heterocycles. The van der Waals surface area contributed by atoms with Gasteiger partial charge in [0.25, 0.3) is 5.91 Å². The van der Waals surface area contributed by atoms with Gasteiger partial charge in [0.05, 0.1) is 18.9 Å². The lowest BCUT2D eigenvalue weighted by Crippen LogP contribution is -2.45. The molecule has 1 aromatic carbocycles. The number of benzene rings is 1. The van der Waals surface area contributed by atoms with Crippen LogP contribution < -0.4 is 5.32 Å².